The molecule has 9 heteroatoms. The van der Waals surface area contributed by atoms with Gasteiger partial charge in [-0.2, -0.15) is 13.2 Å². The third-order valence-corrected chi connectivity index (χ3v) is 6.14. The average Bonchev–Trinajstić information content (AvgIpc) is 2.59. The molecule has 0 fully saturated rings. The molecule has 1 aromatic carbocycles. The summed E-state index contributed by atoms with van der Waals surface area (Å²) in [6, 6.07) is 2.94. The lowest BCUT2D eigenvalue weighted by atomic mass is 9.85. The number of anilines is 1. The molecule has 0 saturated heterocycles. The summed E-state index contributed by atoms with van der Waals surface area (Å²) in [4.78, 5) is 13.7. The van der Waals surface area contributed by atoms with Gasteiger partial charge in [0, 0.05) is 26.8 Å². The van der Waals surface area contributed by atoms with E-state index in [-0.39, 0.29) is 5.56 Å². The first-order valence-corrected chi connectivity index (χ1v) is 8.32. The molecule has 1 amide bonds. The Bertz CT molecular complexity index is 759. The lowest BCUT2D eigenvalue weighted by molar-refractivity contribution is -0.137. The number of alkyl halides is 3. The van der Waals surface area contributed by atoms with Crippen LogP contribution in [0.2, 0.25) is 0 Å². The van der Waals surface area contributed by atoms with Gasteiger partial charge in [-0.15, -0.1) is 0 Å². The fraction of sp³-hybridized carbons (Fsp3) is 0.500. The second kappa shape index (κ2) is 5.20. The Morgan fingerprint density at radius 3 is 2.30 bits per heavy atom. The molecule has 0 N–H and O–H groups in total. The third kappa shape index (κ3) is 2.83. The quantitative estimate of drug-likeness (QED) is 0.836. The normalized spacial score (nSPS) is 21.9. The number of sulfonamides is 1. The highest BCUT2D eigenvalue weighted by Gasteiger charge is 2.50. The predicted molar refractivity (Wildman–Crippen MR) is 79.7 cm³/mol. The van der Waals surface area contributed by atoms with Crippen molar-refractivity contribution in [2.75, 3.05) is 31.8 Å². The van der Waals surface area contributed by atoms with Gasteiger partial charge in [-0.05, 0) is 30.7 Å². The smallest absolute Gasteiger partial charge is 0.314 e. The molecule has 0 saturated carbocycles. The molecule has 128 valence electrons. The van der Waals surface area contributed by atoms with Gasteiger partial charge in [0.25, 0.3) is 0 Å². The molecular formula is C14H17F3N2O3S. The number of fused-ring (bicyclic) bond motifs is 1. The van der Waals surface area contributed by atoms with Gasteiger partial charge in [0.05, 0.1) is 16.7 Å². The maximum absolute atomic E-state index is 12.9. The molecule has 1 aliphatic rings. The number of nitrogens with zero attached hydrogens (tertiary/aromatic N) is 2. The van der Waals surface area contributed by atoms with E-state index in [4.69, 9.17) is 0 Å². The summed E-state index contributed by atoms with van der Waals surface area (Å²) in [5.41, 5.74) is -2.11. The molecule has 0 aromatic heterocycles. The van der Waals surface area contributed by atoms with Crippen LogP contribution in [0.15, 0.2) is 18.2 Å². The minimum absolute atomic E-state index is 0.0743. The first kappa shape index (κ1) is 17.7. The van der Waals surface area contributed by atoms with Crippen LogP contribution in [0.3, 0.4) is 0 Å². The Morgan fingerprint density at radius 1 is 1.26 bits per heavy atom. The van der Waals surface area contributed by atoms with Crippen molar-refractivity contribution in [3.8, 4) is 0 Å². The maximum atomic E-state index is 12.9. The Morgan fingerprint density at radius 2 is 1.83 bits per heavy atom. The lowest BCUT2D eigenvalue weighted by Gasteiger charge is -2.25. The first-order valence-electron chi connectivity index (χ1n) is 6.71. The van der Waals surface area contributed by atoms with E-state index in [0.29, 0.717) is 5.69 Å². The molecule has 0 radical (unpaired) electrons. The molecule has 0 bridgehead atoms. The van der Waals surface area contributed by atoms with E-state index >= 15 is 0 Å². The number of amides is 1. The van der Waals surface area contributed by atoms with Gasteiger partial charge in [-0.1, -0.05) is 0 Å². The molecule has 0 aliphatic carbocycles. The largest absolute Gasteiger partial charge is 0.416 e. The van der Waals surface area contributed by atoms with Crippen LogP contribution in [-0.4, -0.2) is 45.5 Å². The third-order valence-electron chi connectivity index (χ3n) is 4.08. The second-order valence-corrected chi connectivity index (χ2v) is 8.15. The van der Waals surface area contributed by atoms with Crippen molar-refractivity contribution in [3.05, 3.63) is 29.3 Å². The average molecular weight is 350 g/mol. The number of likely N-dealkylation sites (N-methyl/N-ethyl adjacent to an activating group) is 1. The molecule has 5 nitrogen and oxygen atoms in total. The molecule has 1 unspecified atom stereocenters. The van der Waals surface area contributed by atoms with Crippen LogP contribution in [0.1, 0.15) is 18.1 Å². The molecular weight excluding hydrogens is 333 g/mol. The summed E-state index contributed by atoms with van der Waals surface area (Å²) in [6.45, 7) is 1.36. The first-order chi connectivity index (χ1) is 10.3. The zero-order chi connectivity index (χ0) is 17.8. The zero-order valence-electron chi connectivity index (χ0n) is 13.1. The van der Waals surface area contributed by atoms with E-state index in [2.05, 4.69) is 0 Å². The van der Waals surface area contributed by atoms with Crippen molar-refractivity contribution in [2.45, 2.75) is 18.5 Å². The van der Waals surface area contributed by atoms with Crippen molar-refractivity contribution >= 4 is 21.6 Å². The Kier molecular flexibility index (Phi) is 4.01. The Hall–Kier alpha value is -1.61. The molecule has 1 heterocycles. The topological polar surface area (TPSA) is 57.7 Å². The van der Waals surface area contributed by atoms with Crippen molar-refractivity contribution in [1.82, 2.24) is 4.31 Å². The van der Waals surface area contributed by atoms with Gasteiger partial charge < -0.3 is 4.90 Å². The second-order valence-electron chi connectivity index (χ2n) is 5.96. The van der Waals surface area contributed by atoms with Crippen LogP contribution in [0, 0.1) is 0 Å². The summed E-state index contributed by atoms with van der Waals surface area (Å²) in [6.07, 6.45) is -4.57. The van der Waals surface area contributed by atoms with Crippen LogP contribution in [0.5, 0.6) is 0 Å². The van der Waals surface area contributed by atoms with Crippen LogP contribution in [0.4, 0.5) is 18.9 Å². The standard InChI is InChI=1S/C14H17F3N2O3S/c1-13(8-23(21,22)18(2)3)10-7-9(14(15,16)17)5-6-11(10)19(4)12(13)20/h5-7H,8H2,1-4H3. The number of hydrogen-bond acceptors (Lipinski definition) is 3. The molecule has 0 spiro atoms. The van der Waals surface area contributed by atoms with Crippen molar-refractivity contribution in [1.29, 1.82) is 0 Å². The van der Waals surface area contributed by atoms with Gasteiger partial charge in [-0.3, -0.25) is 4.79 Å². The molecule has 1 aliphatic heterocycles. The van der Waals surface area contributed by atoms with Crippen LogP contribution in [-0.2, 0) is 26.4 Å². The van der Waals surface area contributed by atoms with E-state index in [1.54, 1.807) is 0 Å². The number of carbonyl (C=O) groups is 1. The molecule has 1 atom stereocenters. The number of rotatable bonds is 3. The van der Waals surface area contributed by atoms with Gasteiger partial charge >= 0.3 is 6.18 Å². The number of carbonyl (C=O) groups excluding carboxylic acids is 1. The zero-order valence-corrected chi connectivity index (χ0v) is 13.9. The van der Waals surface area contributed by atoms with Gasteiger partial charge in [0.2, 0.25) is 15.9 Å². The highest BCUT2D eigenvalue weighted by Crippen LogP contribution is 2.44. The number of benzene rings is 1. The highest BCUT2D eigenvalue weighted by molar-refractivity contribution is 7.89. The monoisotopic (exact) mass is 350 g/mol. The SMILES string of the molecule is CN1C(=O)C(C)(CS(=O)(=O)N(C)C)c2cc(C(F)(F)F)ccc21. The van der Waals surface area contributed by atoms with Crippen molar-refractivity contribution in [2.24, 2.45) is 0 Å². The fourth-order valence-electron chi connectivity index (χ4n) is 2.67. The minimum Gasteiger partial charge on any atom is -0.314 e. The van der Waals surface area contributed by atoms with E-state index in [9.17, 15) is 26.4 Å². The highest BCUT2D eigenvalue weighted by atomic mass is 32.2. The Balaban J connectivity index is 2.63. The van der Waals surface area contributed by atoms with E-state index < -0.39 is 38.8 Å². The van der Waals surface area contributed by atoms with E-state index in [1.807, 2.05) is 0 Å². The van der Waals surface area contributed by atoms with E-state index in [0.717, 1.165) is 16.4 Å². The fourth-order valence-corrected chi connectivity index (χ4v) is 3.94. The summed E-state index contributed by atoms with van der Waals surface area (Å²) in [5, 5.41) is 0. The van der Waals surface area contributed by atoms with Gasteiger partial charge in [0.15, 0.2) is 0 Å². The van der Waals surface area contributed by atoms with Gasteiger partial charge in [0.1, 0.15) is 0 Å². The van der Waals surface area contributed by atoms with Crippen molar-refractivity contribution in [3.63, 3.8) is 0 Å². The van der Waals surface area contributed by atoms with Crippen LogP contribution < -0.4 is 4.90 Å². The molecule has 23 heavy (non-hydrogen) atoms. The van der Waals surface area contributed by atoms with E-state index in [1.165, 1.54) is 39.0 Å². The number of hydrogen-bond donors (Lipinski definition) is 0. The van der Waals surface area contributed by atoms with Crippen LogP contribution >= 0.6 is 0 Å². The predicted octanol–water partition coefficient (Wildman–Crippen LogP) is 1.83. The summed E-state index contributed by atoms with van der Waals surface area (Å²) in [5.74, 6) is -1.14. The molecule has 2 rings (SSSR count). The summed E-state index contributed by atoms with van der Waals surface area (Å²) < 4.78 is 64.1. The van der Waals surface area contributed by atoms with Crippen molar-refractivity contribution < 1.29 is 26.4 Å². The maximum Gasteiger partial charge on any atom is 0.416 e. The minimum atomic E-state index is -4.57. The Labute approximate surface area is 132 Å². The molecule has 1 aromatic rings. The summed E-state index contributed by atoms with van der Waals surface area (Å²) >= 11 is 0. The lowest BCUT2D eigenvalue weighted by Crippen LogP contribution is -2.44. The summed E-state index contributed by atoms with van der Waals surface area (Å²) in [7, 11) is 0.264. The number of halogens is 3. The van der Waals surface area contributed by atoms with Crippen LogP contribution in [0.25, 0.3) is 0 Å². The van der Waals surface area contributed by atoms with Gasteiger partial charge in [-0.25, -0.2) is 12.7 Å².